The Labute approximate surface area is 159 Å². The molecule has 0 fully saturated rings. The maximum Gasteiger partial charge on any atom is 0.224 e. The number of hydrogen-bond donors (Lipinski definition) is 2. The number of carbonyl (C=O) groups excluding carboxylic acids is 2. The molecule has 0 bridgehead atoms. The summed E-state index contributed by atoms with van der Waals surface area (Å²) >= 11 is 5.82. The quantitative estimate of drug-likeness (QED) is 0.678. The molecule has 2 amide bonds. The van der Waals surface area contributed by atoms with E-state index >= 15 is 0 Å². The highest BCUT2D eigenvalue weighted by molar-refractivity contribution is 6.30. The van der Waals surface area contributed by atoms with Crippen LogP contribution < -0.4 is 10.6 Å². The molecule has 2 aromatic rings. The maximum absolute atomic E-state index is 12.2. The lowest BCUT2D eigenvalue weighted by Gasteiger charge is -2.13. The molecule has 0 spiro atoms. The minimum atomic E-state index is -0.117. The second kappa shape index (κ2) is 9.39. The minimum absolute atomic E-state index is 0.0581. The van der Waals surface area contributed by atoms with Crippen LogP contribution in [0.15, 0.2) is 48.5 Å². The third-order valence-electron chi connectivity index (χ3n) is 4.06. The van der Waals surface area contributed by atoms with E-state index in [0.29, 0.717) is 23.0 Å². The predicted molar refractivity (Wildman–Crippen MR) is 108 cm³/mol. The van der Waals surface area contributed by atoms with Crippen molar-refractivity contribution in [2.45, 2.75) is 39.5 Å². The van der Waals surface area contributed by atoms with Crippen LogP contribution in [-0.2, 0) is 9.59 Å². The van der Waals surface area contributed by atoms with Gasteiger partial charge in [0.25, 0.3) is 0 Å². The van der Waals surface area contributed by atoms with Crippen LogP contribution in [0, 0.1) is 5.92 Å². The van der Waals surface area contributed by atoms with Crippen LogP contribution in [0.2, 0.25) is 5.02 Å². The van der Waals surface area contributed by atoms with Crippen molar-refractivity contribution in [2.24, 2.45) is 5.92 Å². The van der Waals surface area contributed by atoms with Crippen molar-refractivity contribution in [3.8, 4) is 0 Å². The average molecular weight is 373 g/mol. The summed E-state index contributed by atoms with van der Waals surface area (Å²) in [5.74, 6) is 0.194. The van der Waals surface area contributed by atoms with Gasteiger partial charge in [0.1, 0.15) is 0 Å². The summed E-state index contributed by atoms with van der Waals surface area (Å²) in [6, 6.07) is 14.8. The number of anilines is 2. The summed E-state index contributed by atoms with van der Waals surface area (Å²) in [7, 11) is 0. The molecule has 0 saturated heterocycles. The van der Waals surface area contributed by atoms with E-state index in [1.807, 2.05) is 31.2 Å². The topological polar surface area (TPSA) is 58.2 Å². The lowest BCUT2D eigenvalue weighted by atomic mass is 10.0. The van der Waals surface area contributed by atoms with Crippen LogP contribution in [0.3, 0.4) is 0 Å². The molecule has 2 N–H and O–H groups in total. The van der Waals surface area contributed by atoms with Gasteiger partial charge in [-0.15, -0.1) is 0 Å². The molecule has 0 aromatic heterocycles. The Balaban J connectivity index is 1.78. The molecule has 2 aromatic carbocycles. The van der Waals surface area contributed by atoms with Gasteiger partial charge >= 0.3 is 0 Å². The summed E-state index contributed by atoms with van der Waals surface area (Å²) in [6.07, 6.45) is 0.572. The van der Waals surface area contributed by atoms with Gasteiger partial charge in [-0.3, -0.25) is 9.59 Å². The Bertz CT molecular complexity index is 740. The first kappa shape index (κ1) is 20.0. The van der Waals surface area contributed by atoms with Crippen LogP contribution >= 0.6 is 11.6 Å². The number of carbonyl (C=O) groups is 2. The van der Waals surface area contributed by atoms with E-state index in [1.165, 1.54) is 5.56 Å². The van der Waals surface area contributed by atoms with Gasteiger partial charge in [0, 0.05) is 29.2 Å². The molecule has 0 aliphatic rings. The highest BCUT2D eigenvalue weighted by Crippen LogP contribution is 2.18. The van der Waals surface area contributed by atoms with Crippen LogP contribution in [0.25, 0.3) is 0 Å². The average Bonchev–Trinajstić information content (AvgIpc) is 2.57. The van der Waals surface area contributed by atoms with Crippen LogP contribution in [0.5, 0.6) is 0 Å². The molecule has 1 unspecified atom stereocenters. The van der Waals surface area contributed by atoms with Crippen molar-refractivity contribution >= 4 is 34.8 Å². The normalized spacial score (nSPS) is 11.9. The van der Waals surface area contributed by atoms with Gasteiger partial charge in [0.05, 0.1) is 0 Å². The lowest BCUT2D eigenvalue weighted by molar-refractivity contribution is -0.118. The van der Waals surface area contributed by atoms with Gasteiger partial charge in [-0.2, -0.15) is 0 Å². The Morgan fingerprint density at radius 1 is 0.808 bits per heavy atom. The van der Waals surface area contributed by atoms with Gasteiger partial charge in [0.2, 0.25) is 11.8 Å². The first-order chi connectivity index (χ1) is 12.3. The lowest BCUT2D eigenvalue weighted by Crippen LogP contribution is -2.20. The maximum atomic E-state index is 12.2. The minimum Gasteiger partial charge on any atom is -0.326 e. The van der Waals surface area contributed by atoms with E-state index in [2.05, 4.69) is 24.5 Å². The Kier molecular flexibility index (Phi) is 7.22. The largest absolute Gasteiger partial charge is 0.326 e. The summed E-state index contributed by atoms with van der Waals surface area (Å²) in [6.45, 7) is 6.15. The van der Waals surface area contributed by atoms with E-state index < -0.39 is 0 Å². The molecule has 138 valence electrons. The van der Waals surface area contributed by atoms with E-state index in [4.69, 9.17) is 11.6 Å². The number of nitrogens with one attached hydrogen (secondary N) is 2. The van der Waals surface area contributed by atoms with Gasteiger partial charge in [-0.25, -0.2) is 0 Å². The van der Waals surface area contributed by atoms with Crippen molar-refractivity contribution in [1.82, 2.24) is 0 Å². The summed E-state index contributed by atoms with van der Waals surface area (Å²) in [4.78, 5) is 24.2. The van der Waals surface area contributed by atoms with Crippen molar-refractivity contribution in [1.29, 1.82) is 0 Å². The zero-order valence-corrected chi connectivity index (χ0v) is 16.1. The SMILES string of the molecule is CC(CC(=O)Nc1ccc(Cl)cc1)CC(=O)Nc1ccc(C(C)C)cc1. The van der Waals surface area contributed by atoms with Crippen LogP contribution in [0.4, 0.5) is 11.4 Å². The molecular formula is C21H25ClN2O2. The monoisotopic (exact) mass is 372 g/mol. The fraction of sp³-hybridized carbons (Fsp3) is 0.333. The smallest absolute Gasteiger partial charge is 0.224 e. The van der Waals surface area contributed by atoms with Crippen molar-refractivity contribution in [3.05, 3.63) is 59.1 Å². The molecule has 1 atom stereocenters. The molecule has 4 nitrogen and oxygen atoms in total. The molecule has 0 heterocycles. The second-order valence-electron chi connectivity index (χ2n) is 6.89. The van der Waals surface area contributed by atoms with Crippen molar-refractivity contribution in [3.63, 3.8) is 0 Å². The zero-order valence-electron chi connectivity index (χ0n) is 15.4. The molecule has 26 heavy (non-hydrogen) atoms. The molecule has 5 heteroatoms. The summed E-state index contributed by atoms with van der Waals surface area (Å²) in [5.41, 5.74) is 2.70. The van der Waals surface area contributed by atoms with Crippen LogP contribution in [-0.4, -0.2) is 11.8 Å². The number of amides is 2. The molecule has 0 aliphatic carbocycles. The van der Waals surface area contributed by atoms with Gasteiger partial charge in [-0.1, -0.05) is 44.5 Å². The van der Waals surface area contributed by atoms with Crippen LogP contribution in [0.1, 0.15) is 45.1 Å². The number of benzene rings is 2. The zero-order chi connectivity index (χ0) is 19.1. The standard InChI is InChI=1S/C21H25ClN2O2/c1-14(2)16-4-8-18(9-5-16)23-20(25)12-15(3)13-21(26)24-19-10-6-17(22)7-11-19/h4-11,14-15H,12-13H2,1-3H3,(H,23,25)(H,24,26). The van der Waals surface area contributed by atoms with E-state index in [-0.39, 0.29) is 24.2 Å². The van der Waals surface area contributed by atoms with Gasteiger partial charge in [-0.05, 0) is 53.8 Å². The van der Waals surface area contributed by atoms with Crippen molar-refractivity contribution in [2.75, 3.05) is 10.6 Å². The molecule has 0 aliphatic heterocycles. The van der Waals surface area contributed by atoms with E-state index in [0.717, 1.165) is 5.69 Å². The Morgan fingerprint density at radius 3 is 1.65 bits per heavy atom. The third-order valence-corrected chi connectivity index (χ3v) is 4.31. The Morgan fingerprint density at radius 2 is 1.23 bits per heavy atom. The number of hydrogen-bond acceptors (Lipinski definition) is 2. The van der Waals surface area contributed by atoms with E-state index in [9.17, 15) is 9.59 Å². The van der Waals surface area contributed by atoms with Gasteiger partial charge in [0.15, 0.2) is 0 Å². The fourth-order valence-corrected chi connectivity index (χ4v) is 2.74. The first-order valence-electron chi connectivity index (χ1n) is 8.78. The Hall–Kier alpha value is -2.33. The molecule has 2 rings (SSSR count). The predicted octanol–water partition coefficient (Wildman–Crippen LogP) is 5.46. The number of halogens is 1. The molecule has 0 saturated carbocycles. The highest BCUT2D eigenvalue weighted by Gasteiger charge is 2.14. The van der Waals surface area contributed by atoms with E-state index in [1.54, 1.807) is 24.3 Å². The fourth-order valence-electron chi connectivity index (χ4n) is 2.61. The second-order valence-corrected chi connectivity index (χ2v) is 7.33. The summed E-state index contributed by atoms with van der Waals surface area (Å²) < 4.78 is 0. The van der Waals surface area contributed by atoms with Gasteiger partial charge < -0.3 is 10.6 Å². The molecule has 0 radical (unpaired) electrons. The molecular weight excluding hydrogens is 348 g/mol. The third kappa shape index (κ3) is 6.52. The first-order valence-corrected chi connectivity index (χ1v) is 9.16. The number of rotatable bonds is 7. The summed E-state index contributed by atoms with van der Waals surface area (Å²) in [5, 5.41) is 6.31. The highest BCUT2D eigenvalue weighted by atomic mass is 35.5. The van der Waals surface area contributed by atoms with Crippen molar-refractivity contribution < 1.29 is 9.59 Å².